The molecular formula is C12H9NO2. The van der Waals surface area contributed by atoms with Crippen LogP contribution in [0.3, 0.4) is 0 Å². The van der Waals surface area contributed by atoms with Crippen LogP contribution < -0.4 is 4.74 Å². The normalized spacial score (nSPS) is 13.6. The molecule has 0 N–H and O–H groups in total. The quantitative estimate of drug-likeness (QED) is 0.659. The molecule has 0 spiro atoms. The van der Waals surface area contributed by atoms with Crippen LogP contribution in [0, 0.1) is 0 Å². The van der Waals surface area contributed by atoms with E-state index >= 15 is 0 Å². The van der Waals surface area contributed by atoms with Gasteiger partial charge in [0.15, 0.2) is 6.29 Å². The van der Waals surface area contributed by atoms with Crippen molar-refractivity contribution in [3.63, 3.8) is 0 Å². The second-order valence-corrected chi connectivity index (χ2v) is 3.61. The minimum absolute atomic E-state index is 0.598. The number of carbonyl (C=O) groups excluding carboxylic acids is 1. The number of carbonyl (C=O) groups is 1. The largest absolute Gasteiger partial charge is 0.491 e. The Balaban J connectivity index is 2.33. The first-order valence-electron chi connectivity index (χ1n) is 4.88. The van der Waals surface area contributed by atoms with Gasteiger partial charge in [-0.25, -0.2) is 0 Å². The van der Waals surface area contributed by atoms with E-state index in [4.69, 9.17) is 4.74 Å². The third kappa shape index (κ3) is 1.20. The zero-order valence-corrected chi connectivity index (χ0v) is 8.06. The first kappa shape index (κ1) is 8.41. The van der Waals surface area contributed by atoms with E-state index < -0.39 is 0 Å². The van der Waals surface area contributed by atoms with Gasteiger partial charge in [0, 0.05) is 23.6 Å². The van der Waals surface area contributed by atoms with Gasteiger partial charge in [-0.15, -0.1) is 0 Å². The molecule has 0 aliphatic carbocycles. The van der Waals surface area contributed by atoms with E-state index in [1.165, 1.54) is 5.56 Å². The SMILES string of the molecule is O=Cc1cnc2c3c(ccc2c1)CCO3. The lowest BCUT2D eigenvalue weighted by molar-refractivity contribution is 0.112. The summed E-state index contributed by atoms with van der Waals surface area (Å²) in [6.45, 7) is 0.728. The summed E-state index contributed by atoms with van der Waals surface area (Å²) in [5.74, 6) is 0.880. The predicted molar refractivity (Wildman–Crippen MR) is 56.3 cm³/mol. The molecule has 1 aromatic heterocycles. The van der Waals surface area contributed by atoms with Crippen molar-refractivity contribution in [3.8, 4) is 5.75 Å². The summed E-state index contributed by atoms with van der Waals surface area (Å²) in [7, 11) is 0. The Morgan fingerprint density at radius 3 is 3.20 bits per heavy atom. The van der Waals surface area contributed by atoms with E-state index in [0.29, 0.717) is 5.56 Å². The van der Waals surface area contributed by atoms with E-state index in [-0.39, 0.29) is 0 Å². The topological polar surface area (TPSA) is 39.2 Å². The summed E-state index contributed by atoms with van der Waals surface area (Å²) in [6, 6.07) is 5.86. The number of hydrogen-bond acceptors (Lipinski definition) is 3. The van der Waals surface area contributed by atoms with E-state index in [0.717, 1.165) is 36.0 Å². The van der Waals surface area contributed by atoms with Crippen molar-refractivity contribution in [2.24, 2.45) is 0 Å². The molecule has 0 amide bonds. The van der Waals surface area contributed by atoms with Gasteiger partial charge in [-0.1, -0.05) is 12.1 Å². The molecule has 3 heteroatoms. The van der Waals surface area contributed by atoms with Crippen molar-refractivity contribution >= 4 is 17.2 Å². The minimum Gasteiger partial charge on any atom is -0.491 e. The van der Waals surface area contributed by atoms with E-state index in [9.17, 15) is 4.79 Å². The van der Waals surface area contributed by atoms with Crippen LogP contribution in [0.15, 0.2) is 24.4 Å². The van der Waals surface area contributed by atoms with Crippen LogP contribution in [0.25, 0.3) is 10.9 Å². The molecule has 0 radical (unpaired) electrons. The standard InChI is InChI=1S/C12H9NO2/c14-7-8-5-10-2-1-9-3-4-15-12(9)11(10)13-6-8/h1-2,5-7H,3-4H2. The molecule has 0 atom stereocenters. The first-order chi connectivity index (χ1) is 7.38. The summed E-state index contributed by atoms with van der Waals surface area (Å²) in [5, 5.41) is 0.959. The molecule has 0 bridgehead atoms. The molecule has 0 unspecified atom stereocenters. The average Bonchev–Trinajstić information content (AvgIpc) is 2.76. The van der Waals surface area contributed by atoms with Crippen molar-refractivity contribution in [2.75, 3.05) is 6.61 Å². The number of hydrogen-bond donors (Lipinski definition) is 0. The number of pyridine rings is 1. The van der Waals surface area contributed by atoms with Gasteiger partial charge in [0.05, 0.1) is 6.61 Å². The minimum atomic E-state index is 0.598. The van der Waals surface area contributed by atoms with Gasteiger partial charge in [0.1, 0.15) is 11.3 Å². The lowest BCUT2D eigenvalue weighted by atomic mass is 10.1. The van der Waals surface area contributed by atoms with Gasteiger partial charge in [0.2, 0.25) is 0 Å². The Kier molecular flexibility index (Phi) is 1.71. The lowest BCUT2D eigenvalue weighted by Crippen LogP contribution is -1.89. The van der Waals surface area contributed by atoms with Crippen LogP contribution in [0.1, 0.15) is 15.9 Å². The van der Waals surface area contributed by atoms with Crippen LogP contribution in [0.4, 0.5) is 0 Å². The van der Waals surface area contributed by atoms with Gasteiger partial charge in [-0.2, -0.15) is 0 Å². The molecule has 1 aliphatic heterocycles. The van der Waals surface area contributed by atoms with Gasteiger partial charge < -0.3 is 4.74 Å². The van der Waals surface area contributed by atoms with Crippen LogP contribution in [0.2, 0.25) is 0 Å². The molecule has 1 aliphatic rings. The van der Waals surface area contributed by atoms with Crippen LogP contribution in [-0.4, -0.2) is 17.9 Å². The maximum absolute atomic E-state index is 10.6. The molecule has 15 heavy (non-hydrogen) atoms. The highest BCUT2D eigenvalue weighted by atomic mass is 16.5. The summed E-state index contributed by atoms with van der Waals surface area (Å²) >= 11 is 0. The predicted octanol–water partition coefficient (Wildman–Crippen LogP) is 1.98. The third-order valence-corrected chi connectivity index (χ3v) is 2.66. The number of nitrogens with zero attached hydrogens (tertiary/aromatic N) is 1. The zero-order chi connectivity index (χ0) is 10.3. The molecule has 0 saturated carbocycles. The highest BCUT2D eigenvalue weighted by Crippen LogP contribution is 2.32. The maximum atomic E-state index is 10.6. The Morgan fingerprint density at radius 1 is 1.40 bits per heavy atom. The molecule has 0 saturated heterocycles. The molecule has 2 heterocycles. The number of rotatable bonds is 1. The lowest BCUT2D eigenvalue weighted by Gasteiger charge is -2.03. The van der Waals surface area contributed by atoms with Crippen molar-refractivity contribution < 1.29 is 9.53 Å². The van der Waals surface area contributed by atoms with Crippen LogP contribution >= 0.6 is 0 Å². The zero-order valence-electron chi connectivity index (χ0n) is 8.06. The fourth-order valence-corrected chi connectivity index (χ4v) is 1.92. The fraction of sp³-hybridized carbons (Fsp3) is 0.167. The van der Waals surface area contributed by atoms with E-state index in [2.05, 4.69) is 4.98 Å². The highest BCUT2D eigenvalue weighted by molar-refractivity contribution is 5.90. The van der Waals surface area contributed by atoms with Crippen molar-refractivity contribution in [2.45, 2.75) is 6.42 Å². The Morgan fingerprint density at radius 2 is 2.33 bits per heavy atom. The molecule has 0 fully saturated rings. The number of aldehydes is 1. The highest BCUT2D eigenvalue weighted by Gasteiger charge is 2.15. The number of fused-ring (bicyclic) bond motifs is 3. The number of benzene rings is 1. The van der Waals surface area contributed by atoms with Crippen LogP contribution in [-0.2, 0) is 6.42 Å². The van der Waals surface area contributed by atoms with Crippen molar-refractivity contribution in [1.82, 2.24) is 4.98 Å². The Bertz CT molecular complexity index is 549. The molecule has 1 aromatic carbocycles. The molecule has 3 nitrogen and oxygen atoms in total. The van der Waals surface area contributed by atoms with Crippen molar-refractivity contribution in [1.29, 1.82) is 0 Å². The van der Waals surface area contributed by atoms with Crippen molar-refractivity contribution in [3.05, 3.63) is 35.5 Å². The maximum Gasteiger partial charge on any atom is 0.151 e. The molecule has 2 aromatic rings. The van der Waals surface area contributed by atoms with E-state index in [1.54, 1.807) is 6.20 Å². The molecule has 74 valence electrons. The van der Waals surface area contributed by atoms with E-state index in [1.807, 2.05) is 18.2 Å². The van der Waals surface area contributed by atoms with Gasteiger partial charge in [-0.05, 0) is 11.6 Å². The summed E-state index contributed by atoms with van der Waals surface area (Å²) in [4.78, 5) is 14.9. The summed E-state index contributed by atoms with van der Waals surface area (Å²) in [6.07, 6.45) is 3.33. The Hall–Kier alpha value is -1.90. The van der Waals surface area contributed by atoms with Gasteiger partial charge >= 0.3 is 0 Å². The van der Waals surface area contributed by atoms with Gasteiger partial charge in [-0.3, -0.25) is 9.78 Å². The smallest absolute Gasteiger partial charge is 0.151 e. The molecule has 3 rings (SSSR count). The monoisotopic (exact) mass is 199 g/mol. The molecular weight excluding hydrogens is 190 g/mol. The van der Waals surface area contributed by atoms with Crippen LogP contribution in [0.5, 0.6) is 5.75 Å². The second kappa shape index (κ2) is 3.05. The number of ether oxygens (including phenoxy) is 1. The third-order valence-electron chi connectivity index (χ3n) is 2.66. The summed E-state index contributed by atoms with van der Waals surface area (Å²) < 4.78 is 5.53. The fourth-order valence-electron chi connectivity index (χ4n) is 1.92. The Labute approximate surface area is 86.7 Å². The average molecular weight is 199 g/mol. The second-order valence-electron chi connectivity index (χ2n) is 3.61. The summed E-state index contributed by atoms with van der Waals surface area (Å²) in [5.41, 5.74) is 2.66. The van der Waals surface area contributed by atoms with Gasteiger partial charge in [0.25, 0.3) is 0 Å². The number of aromatic nitrogens is 1. The first-order valence-corrected chi connectivity index (χ1v) is 4.88.